The standard InChI is InChI=1S/C14H20FNO/c1-5-6-10(2)16(4)14-8-7-12(11(3)17)9-13(14)15/h7-10H,5-6H2,1-4H3. The van der Waals surface area contributed by atoms with Crippen LogP contribution in [0.4, 0.5) is 10.1 Å². The number of hydrogen-bond donors (Lipinski definition) is 0. The number of rotatable bonds is 5. The zero-order valence-electron chi connectivity index (χ0n) is 11.0. The Hall–Kier alpha value is -1.38. The summed E-state index contributed by atoms with van der Waals surface area (Å²) in [6, 6.07) is 4.96. The van der Waals surface area contributed by atoms with Crippen molar-refractivity contribution in [2.45, 2.75) is 39.7 Å². The molecule has 1 atom stereocenters. The molecule has 0 spiro atoms. The molecular formula is C14H20FNO. The van der Waals surface area contributed by atoms with Crippen LogP contribution in [-0.4, -0.2) is 18.9 Å². The molecule has 0 radical (unpaired) electrons. The summed E-state index contributed by atoms with van der Waals surface area (Å²) < 4.78 is 13.9. The van der Waals surface area contributed by atoms with Crippen LogP contribution in [0.25, 0.3) is 0 Å². The molecule has 0 bridgehead atoms. The molecule has 0 saturated heterocycles. The van der Waals surface area contributed by atoms with Crippen LogP contribution in [-0.2, 0) is 0 Å². The van der Waals surface area contributed by atoms with Gasteiger partial charge in [-0.15, -0.1) is 0 Å². The number of nitrogens with zero attached hydrogens (tertiary/aromatic N) is 1. The average Bonchev–Trinajstić information content (AvgIpc) is 2.28. The first-order valence-corrected chi connectivity index (χ1v) is 6.00. The maximum Gasteiger partial charge on any atom is 0.159 e. The number of halogens is 1. The number of anilines is 1. The van der Waals surface area contributed by atoms with Crippen molar-refractivity contribution in [2.24, 2.45) is 0 Å². The number of carbonyl (C=O) groups is 1. The van der Waals surface area contributed by atoms with E-state index in [9.17, 15) is 9.18 Å². The van der Waals surface area contributed by atoms with Crippen molar-refractivity contribution >= 4 is 11.5 Å². The van der Waals surface area contributed by atoms with Crippen LogP contribution >= 0.6 is 0 Å². The lowest BCUT2D eigenvalue weighted by Gasteiger charge is -2.27. The molecule has 2 nitrogen and oxygen atoms in total. The summed E-state index contributed by atoms with van der Waals surface area (Å²) in [5, 5.41) is 0. The highest BCUT2D eigenvalue weighted by molar-refractivity contribution is 5.94. The zero-order valence-corrected chi connectivity index (χ0v) is 11.0. The van der Waals surface area contributed by atoms with Crippen LogP contribution in [0.3, 0.4) is 0 Å². The molecule has 0 aliphatic carbocycles. The second-order valence-electron chi connectivity index (χ2n) is 4.47. The minimum Gasteiger partial charge on any atom is -0.370 e. The molecule has 0 saturated carbocycles. The Balaban J connectivity index is 2.95. The fourth-order valence-electron chi connectivity index (χ4n) is 1.86. The van der Waals surface area contributed by atoms with Gasteiger partial charge in [0.1, 0.15) is 5.82 Å². The van der Waals surface area contributed by atoms with E-state index in [-0.39, 0.29) is 17.6 Å². The van der Waals surface area contributed by atoms with Crippen molar-refractivity contribution in [3.8, 4) is 0 Å². The van der Waals surface area contributed by atoms with Crippen LogP contribution in [0.5, 0.6) is 0 Å². The summed E-state index contributed by atoms with van der Waals surface area (Å²) in [7, 11) is 1.88. The van der Waals surface area contributed by atoms with Crippen molar-refractivity contribution in [3.63, 3.8) is 0 Å². The summed E-state index contributed by atoms with van der Waals surface area (Å²) in [4.78, 5) is 13.1. The molecule has 1 aromatic carbocycles. The second-order valence-corrected chi connectivity index (χ2v) is 4.47. The first kappa shape index (κ1) is 13.7. The van der Waals surface area contributed by atoms with E-state index in [4.69, 9.17) is 0 Å². The van der Waals surface area contributed by atoms with Gasteiger partial charge in [-0.25, -0.2) is 4.39 Å². The monoisotopic (exact) mass is 237 g/mol. The molecule has 1 rings (SSSR count). The largest absolute Gasteiger partial charge is 0.370 e. The van der Waals surface area contributed by atoms with E-state index in [1.54, 1.807) is 12.1 Å². The van der Waals surface area contributed by atoms with Gasteiger partial charge >= 0.3 is 0 Å². The lowest BCUT2D eigenvalue weighted by atomic mass is 10.1. The van der Waals surface area contributed by atoms with Crippen LogP contribution in [0, 0.1) is 5.82 Å². The molecule has 94 valence electrons. The third kappa shape index (κ3) is 3.29. The van der Waals surface area contributed by atoms with Gasteiger partial charge in [-0.2, -0.15) is 0 Å². The van der Waals surface area contributed by atoms with E-state index >= 15 is 0 Å². The maximum atomic E-state index is 13.9. The normalized spacial score (nSPS) is 12.3. The number of hydrogen-bond acceptors (Lipinski definition) is 2. The van der Waals surface area contributed by atoms with Gasteiger partial charge < -0.3 is 4.90 Å². The fraction of sp³-hybridized carbons (Fsp3) is 0.500. The van der Waals surface area contributed by atoms with E-state index < -0.39 is 0 Å². The molecule has 1 unspecified atom stereocenters. The summed E-state index contributed by atoms with van der Waals surface area (Å²) in [5.41, 5.74) is 0.971. The van der Waals surface area contributed by atoms with Crippen LogP contribution < -0.4 is 4.90 Å². The minimum absolute atomic E-state index is 0.111. The fourth-order valence-corrected chi connectivity index (χ4v) is 1.86. The Bertz CT molecular complexity index is 403. The summed E-state index contributed by atoms with van der Waals surface area (Å²) in [6.07, 6.45) is 2.09. The number of Topliss-reactive ketones (excluding diaryl/α,β-unsaturated/α-hetero) is 1. The second kappa shape index (κ2) is 5.80. The summed E-state index contributed by atoms with van der Waals surface area (Å²) in [5.74, 6) is -0.442. The van der Waals surface area contributed by atoms with E-state index in [1.165, 1.54) is 13.0 Å². The lowest BCUT2D eigenvalue weighted by Crippen LogP contribution is -2.29. The molecule has 0 fully saturated rings. The highest BCUT2D eigenvalue weighted by Crippen LogP contribution is 2.22. The van der Waals surface area contributed by atoms with E-state index in [0.29, 0.717) is 11.3 Å². The number of ketones is 1. The lowest BCUT2D eigenvalue weighted by molar-refractivity contribution is 0.101. The van der Waals surface area contributed by atoms with Crippen molar-refractivity contribution in [2.75, 3.05) is 11.9 Å². The first-order valence-electron chi connectivity index (χ1n) is 6.00. The van der Waals surface area contributed by atoms with Gasteiger partial charge in [-0.3, -0.25) is 4.79 Å². The van der Waals surface area contributed by atoms with Gasteiger partial charge in [0.25, 0.3) is 0 Å². The van der Waals surface area contributed by atoms with Crippen molar-refractivity contribution in [1.29, 1.82) is 0 Å². The Morgan fingerprint density at radius 2 is 2.12 bits per heavy atom. The predicted molar refractivity (Wildman–Crippen MR) is 69.2 cm³/mol. The summed E-state index contributed by atoms with van der Waals surface area (Å²) >= 11 is 0. The Labute approximate surface area is 102 Å². The predicted octanol–water partition coefficient (Wildman–Crippen LogP) is 3.65. The highest BCUT2D eigenvalue weighted by Gasteiger charge is 2.14. The van der Waals surface area contributed by atoms with Gasteiger partial charge in [0.05, 0.1) is 5.69 Å². The SMILES string of the molecule is CCCC(C)N(C)c1ccc(C(C)=O)cc1F. The van der Waals surface area contributed by atoms with E-state index in [0.717, 1.165) is 12.8 Å². The third-order valence-electron chi connectivity index (χ3n) is 3.10. The molecular weight excluding hydrogens is 217 g/mol. The molecule has 0 aliphatic rings. The average molecular weight is 237 g/mol. The molecule has 0 heterocycles. The molecule has 17 heavy (non-hydrogen) atoms. The third-order valence-corrected chi connectivity index (χ3v) is 3.10. The summed E-state index contributed by atoms with van der Waals surface area (Å²) in [6.45, 7) is 5.62. The van der Waals surface area contributed by atoms with E-state index in [1.807, 2.05) is 11.9 Å². The van der Waals surface area contributed by atoms with Gasteiger partial charge in [0.2, 0.25) is 0 Å². The Kier molecular flexibility index (Phi) is 4.67. The van der Waals surface area contributed by atoms with Crippen molar-refractivity contribution in [1.82, 2.24) is 0 Å². The quantitative estimate of drug-likeness (QED) is 0.728. The van der Waals surface area contributed by atoms with Crippen LogP contribution in [0.2, 0.25) is 0 Å². The Morgan fingerprint density at radius 1 is 1.47 bits per heavy atom. The van der Waals surface area contributed by atoms with Crippen LogP contribution in [0.1, 0.15) is 44.0 Å². The number of carbonyl (C=O) groups excluding carboxylic acids is 1. The van der Waals surface area contributed by atoms with Gasteiger partial charge in [-0.05, 0) is 38.5 Å². The first-order chi connectivity index (χ1) is 7.97. The smallest absolute Gasteiger partial charge is 0.159 e. The van der Waals surface area contributed by atoms with E-state index in [2.05, 4.69) is 13.8 Å². The zero-order chi connectivity index (χ0) is 13.0. The topological polar surface area (TPSA) is 20.3 Å². The Morgan fingerprint density at radius 3 is 2.59 bits per heavy atom. The molecule has 0 N–H and O–H groups in total. The molecule has 0 aliphatic heterocycles. The highest BCUT2D eigenvalue weighted by atomic mass is 19.1. The van der Waals surface area contributed by atoms with Gasteiger partial charge in [0.15, 0.2) is 5.78 Å². The van der Waals surface area contributed by atoms with Gasteiger partial charge in [-0.1, -0.05) is 13.3 Å². The van der Waals surface area contributed by atoms with Crippen molar-refractivity contribution in [3.05, 3.63) is 29.6 Å². The minimum atomic E-state index is -0.330. The van der Waals surface area contributed by atoms with Gasteiger partial charge in [0, 0.05) is 18.7 Å². The molecule has 1 aromatic rings. The molecule has 0 amide bonds. The molecule has 0 aromatic heterocycles. The molecule has 3 heteroatoms. The van der Waals surface area contributed by atoms with Crippen molar-refractivity contribution < 1.29 is 9.18 Å². The number of benzene rings is 1. The van der Waals surface area contributed by atoms with Crippen LogP contribution in [0.15, 0.2) is 18.2 Å². The maximum absolute atomic E-state index is 13.9.